The molecular weight excluding hydrogens is 226 g/mol. The van der Waals surface area contributed by atoms with Gasteiger partial charge in [0.2, 0.25) is 0 Å². The molecule has 1 heterocycles. The average Bonchev–Trinajstić information content (AvgIpc) is 2.57. The van der Waals surface area contributed by atoms with E-state index in [1.54, 1.807) is 0 Å². The summed E-state index contributed by atoms with van der Waals surface area (Å²) in [6, 6.07) is 6.43. The lowest BCUT2D eigenvalue weighted by atomic mass is 9.94. The van der Waals surface area contributed by atoms with Gasteiger partial charge in [-0.25, -0.2) is 0 Å². The predicted molar refractivity (Wildman–Crippen MR) is 59.1 cm³/mol. The molecule has 0 aliphatic carbocycles. The Bertz CT molecular complexity index is 283. The third kappa shape index (κ3) is 1.79. The number of rotatable bonds is 1. The molecule has 0 saturated carbocycles. The van der Waals surface area contributed by atoms with Crippen LogP contribution < -0.4 is 5.32 Å². The van der Waals surface area contributed by atoms with Gasteiger partial charge in [-0.1, -0.05) is 28.1 Å². The summed E-state index contributed by atoms with van der Waals surface area (Å²) in [5.74, 6) is 0.704. The van der Waals surface area contributed by atoms with E-state index in [1.165, 1.54) is 22.0 Å². The van der Waals surface area contributed by atoms with E-state index in [0.717, 1.165) is 13.1 Å². The van der Waals surface area contributed by atoms with Crippen molar-refractivity contribution in [1.29, 1.82) is 0 Å². The van der Waals surface area contributed by atoms with Crippen LogP contribution >= 0.6 is 15.9 Å². The van der Waals surface area contributed by atoms with E-state index in [9.17, 15) is 0 Å². The zero-order valence-corrected chi connectivity index (χ0v) is 9.39. The summed E-state index contributed by atoms with van der Waals surface area (Å²) in [7, 11) is 0. The van der Waals surface area contributed by atoms with Crippen LogP contribution in [-0.2, 0) is 0 Å². The summed E-state index contributed by atoms with van der Waals surface area (Å²) in [5, 5.41) is 3.40. The lowest BCUT2D eigenvalue weighted by Gasteiger charge is -2.14. The normalized spacial score (nSPS) is 22.2. The Morgan fingerprint density at radius 1 is 1.46 bits per heavy atom. The standard InChI is InChI=1S/C11H14BrN/c1-8-3-2-4-10(12)11(8)9-5-6-13-7-9/h2-4,9,13H,5-7H2,1H3. The van der Waals surface area contributed by atoms with Crippen molar-refractivity contribution in [2.45, 2.75) is 19.3 Å². The lowest BCUT2D eigenvalue weighted by molar-refractivity contribution is 0.753. The van der Waals surface area contributed by atoms with Gasteiger partial charge in [-0.15, -0.1) is 0 Å². The first-order valence-electron chi connectivity index (χ1n) is 4.75. The Hall–Kier alpha value is -0.340. The minimum Gasteiger partial charge on any atom is -0.316 e. The highest BCUT2D eigenvalue weighted by atomic mass is 79.9. The van der Waals surface area contributed by atoms with Gasteiger partial charge < -0.3 is 5.32 Å². The van der Waals surface area contributed by atoms with Gasteiger partial charge in [0.05, 0.1) is 0 Å². The molecule has 1 aromatic carbocycles. The molecular formula is C11H14BrN. The Morgan fingerprint density at radius 3 is 2.92 bits per heavy atom. The van der Waals surface area contributed by atoms with Crippen molar-refractivity contribution in [3.05, 3.63) is 33.8 Å². The number of hydrogen-bond acceptors (Lipinski definition) is 1. The molecule has 13 heavy (non-hydrogen) atoms. The summed E-state index contributed by atoms with van der Waals surface area (Å²) >= 11 is 3.63. The van der Waals surface area contributed by atoms with Gasteiger partial charge in [0.25, 0.3) is 0 Å². The minimum absolute atomic E-state index is 0.704. The molecule has 1 aromatic rings. The molecule has 1 unspecified atom stereocenters. The van der Waals surface area contributed by atoms with Crippen LogP contribution in [0.4, 0.5) is 0 Å². The van der Waals surface area contributed by atoms with E-state index in [1.807, 2.05) is 0 Å². The van der Waals surface area contributed by atoms with Gasteiger partial charge in [0.15, 0.2) is 0 Å². The van der Waals surface area contributed by atoms with E-state index >= 15 is 0 Å². The van der Waals surface area contributed by atoms with Crippen molar-refractivity contribution >= 4 is 15.9 Å². The van der Waals surface area contributed by atoms with Crippen molar-refractivity contribution in [3.63, 3.8) is 0 Å². The number of halogens is 1. The molecule has 0 radical (unpaired) electrons. The minimum atomic E-state index is 0.704. The van der Waals surface area contributed by atoms with Crippen molar-refractivity contribution in [2.75, 3.05) is 13.1 Å². The molecule has 1 fully saturated rings. The largest absolute Gasteiger partial charge is 0.316 e. The molecule has 1 N–H and O–H groups in total. The van der Waals surface area contributed by atoms with Gasteiger partial charge in [0, 0.05) is 11.0 Å². The molecule has 2 heteroatoms. The van der Waals surface area contributed by atoms with Crippen molar-refractivity contribution in [2.24, 2.45) is 0 Å². The highest BCUT2D eigenvalue weighted by molar-refractivity contribution is 9.10. The number of hydrogen-bond donors (Lipinski definition) is 1. The molecule has 0 aromatic heterocycles. The first-order chi connectivity index (χ1) is 6.29. The van der Waals surface area contributed by atoms with Crippen LogP contribution in [0, 0.1) is 6.92 Å². The fourth-order valence-corrected chi connectivity index (χ4v) is 2.85. The Kier molecular flexibility index (Phi) is 2.70. The fourth-order valence-electron chi connectivity index (χ4n) is 2.06. The second-order valence-corrected chi connectivity index (χ2v) is 4.51. The van der Waals surface area contributed by atoms with E-state index in [-0.39, 0.29) is 0 Å². The maximum absolute atomic E-state index is 3.63. The number of aryl methyl sites for hydroxylation is 1. The Labute approximate surface area is 87.7 Å². The third-order valence-electron chi connectivity index (χ3n) is 2.74. The topological polar surface area (TPSA) is 12.0 Å². The SMILES string of the molecule is Cc1cccc(Br)c1C1CCNC1. The summed E-state index contributed by atoms with van der Waals surface area (Å²) in [6.07, 6.45) is 1.27. The van der Waals surface area contributed by atoms with E-state index in [4.69, 9.17) is 0 Å². The third-order valence-corrected chi connectivity index (χ3v) is 3.43. The molecule has 0 spiro atoms. The molecule has 70 valence electrons. The van der Waals surface area contributed by atoms with Crippen LogP contribution in [0.3, 0.4) is 0 Å². The predicted octanol–water partition coefficient (Wildman–Crippen LogP) is 2.83. The van der Waals surface area contributed by atoms with E-state index in [2.05, 4.69) is 46.4 Å². The maximum Gasteiger partial charge on any atom is 0.0213 e. The van der Waals surface area contributed by atoms with E-state index in [0.29, 0.717) is 5.92 Å². The molecule has 1 aliphatic heterocycles. The molecule has 1 saturated heterocycles. The lowest BCUT2D eigenvalue weighted by Crippen LogP contribution is -2.09. The van der Waals surface area contributed by atoms with Gasteiger partial charge in [-0.2, -0.15) is 0 Å². The smallest absolute Gasteiger partial charge is 0.0213 e. The van der Waals surface area contributed by atoms with Crippen LogP contribution in [0.25, 0.3) is 0 Å². The number of benzene rings is 1. The summed E-state index contributed by atoms with van der Waals surface area (Å²) in [6.45, 7) is 4.48. The van der Waals surface area contributed by atoms with Crippen LogP contribution in [0.1, 0.15) is 23.5 Å². The zero-order valence-electron chi connectivity index (χ0n) is 7.81. The monoisotopic (exact) mass is 239 g/mol. The van der Waals surface area contributed by atoms with Crippen molar-refractivity contribution in [1.82, 2.24) is 5.32 Å². The Morgan fingerprint density at radius 2 is 2.31 bits per heavy atom. The van der Waals surface area contributed by atoms with Gasteiger partial charge in [0.1, 0.15) is 0 Å². The van der Waals surface area contributed by atoms with Gasteiger partial charge in [-0.3, -0.25) is 0 Å². The first kappa shape index (κ1) is 9.22. The quantitative estimate of drug-likeness (QED) is 0.795. The second kappa shape index (κ2) is 3.81. The highest BCUT2D eigenvalue weighted by Crippen LogP contribution is 2.31. The maximum atomic E-state index is 3.63. The van der Waals surface area contributed by atoms with Gasteiger partial charge in [-0.05, 0) is 43.0 Å². The second-order valence-electron chi connectivity index (χ2n) is 3.66. The van der Waals surface area contributed by atoms with Crippen LogP contribution in [0.2, 0.25) is 0 Å². The fraction of sp³-hybridized carbons (Fsp3) is 0.455. The average molecular weight is 240 g/mol. The van der Waals surface area contributed by atoms with Crippen molar-refractivity contribution in [3.8, 4) is 0 Å². The molecule has 1 nitrogen and oxygen atoms in total. The summed E-state index contributed by atoms with van der Waals surface area (Å²) < 4.78 is 1.27. The van der Waals surface area contributed by atoms with Crippen LogP contribution in [0.15, 0.2) is 22.7 Å². The zero-order chi connectivity index (χ0) is 9.26. The summed E-state index contributed by atoms with van der Waals surface area (Å²) in [4.78, 5) is 0. The molecule has 0 amide bonds. The van der Waals surface area contributed by atoms with Crippen LogP contribution in [-0.4, -0.2) is 13.1 Å². The Balaban J connectivity index is 2.37. The van der Waals surface area contributed by atoms with Gasteiger partial charge >= 0.3 is 0 Å². The first-order valence-corrected chi connectivity index (χ1v) is 5.54. The highest BCUT2D eigenvalue weighted by Gasteiger charge is 2.19. The molecule has 1 aliphatic rings. The molecule has 1 atom stereocenters. The molecule has 2 rings (SSSR count). The summed E-state index contributed by atoms with van der Waals surface area (Å²) in [5.41, 5.74) is 2.90. The van der Waals surface area contributed by atoms with Crippen LogP contribution in [0.5, 0.6) is 0 Å². The number of nitrogens with one attached hydrogen (secondary N) is 1. The molecule has 0 bridgehead atoms. The van der Waals surface area contributed by atoms with E-state index < -0.39 is 0 Å². The van der Waals surface area contributed by atoms with Crippen molar-refractivity contribution < 1.29 is 0 Å².